The fraction of sp³-hybridized carbons (Fsp3) is 0.953. The molecule has 0 aliphatic rings. The highest BCUT2D eigenvalue weighted by Crippen LogP contribution is 2.21. The van der Waals surface area contributed by atoms with Crippen molar-refractivity contribution >= 4 is 11.9 Å². The summed E-state index contributed by atoms with van der Waals surface area (Å²) >= 11 is 0. The van der Waals surface area contributed by atoms with Crippen LogP contribution in [0.15, 0.2) is 0 Å². The number of aliphatic hydroxyl groups excluding tert-OH is 2. The van der Waals surface area contributed by atoms with Gasteiger partial charge in [-0.1, -0.05) is 219 Å². The Labute approximate surface area is 309 Å². The van der Waals surface area contributed by atoms with E-state index in [0.717, 1.165) is 38.5 Å². The van der Waals surface area contributed by atoms with Crippen LogP contribution in [0, 0.1) is 0 Å². The molecular formula is C43H84O7. The molecular weight excluding hydrogens is 628 g/mol. The molecule has 0 spiro atoms. The number of esters is 2. The Hall–Kier alpha value is -1.18. The van der Waals surface area contributed by atoms with E-state index in [-0.39, 0.29) is 12.8 Å². The van der Waals surface area contributed by atoms with Crippen molar-refractivity contribution in [3.63, 3.8) is 0 Å². The van der Waals surface area contributed by atoms with Crippen LogP contribution < -0.4 is 0 Å². The zero-order valence-electron chi connectivity index (χ0n) is 33.2. The second-order valence-corrected chi connectivity index (χ2v) is 15.1. The second-order valence-electron chi connectivity index (χ2n) is 15.1. The summed E-state index contributed by atoms with van der Waals surface area (Å²) in [4.78, 5) is 24.8. The van der Waals surface area contributed by atoms with Gasteiger partial charge < -0.3 is 24.8 Å². The summed E-state index contributed by atoms with van der Waals surface area (Å²) in [6, 6.07) is 0. The molecule has 0 bridgehead atoms. The molecule has 0 aromatic carbocycles. The average molecular weight is 713 g/mol. The van der Waals surface area contributed by atoms with Crippen LogP contribution >= 0.6 is 0 Å². The monoisotopic (exact) mass is 713 g/mol. The predicted octanol–water partition coefficient (Wildman–Crippen LogP) is 12.2. The van der Waals surface area contributed by atoms with E-state index in [1.54, 1.807) is 0 Å². The molecule has 7 heteroatoms. The van der Waals surface area contributed by atoms with E-state index < -0.39 is 30.6 Å². The van der Waals surface area contributed by atoms with Crippen molar-refractivity contribution in [2.75, 3.05) is 6.61 Å². The molecule has 0 radical (unpaired) electrons. The largest absolute Gasteiger partial charge is 0.403 e. The van der Waals surface area contributed by atoms with Gasteiger partial charge in [0.1, 0.15) is 0 Å². The van der Waals surface area contributed by atoms with Gasteiger partial charge >= 0.3 is 17.9 Å². The van der Waals surface area contributed by atoms with Crippen LogP contribution in [0.3, 0.4) is 0 Å². The summed E-state index contributed by atoms with van der Waals surface area (Å²) in [6.07, 6.45) is 40.4. The Morgan fingerprint density at radius 2 is 0.620 bits per heavy atom. The van der Waals surface area contributed by atoms with Gasteiger partial charge in [-0.15, -0.1) is 0 Å². The highest BCUT2D eigenvalue weighted by Gasteiger charge is 2.44. The van der Waals surface area contributed by atoms with Gasteiger partial charge in [0.15, 0.2) is 6.10 Å². The van der Waals surface area contributed by atoms with Crippen molar-refractivity contribution in [2.45, 2.75) is 257 Å². The molecule has 0 rings (SSSR count). The van der Waals surface area contributed by atoms with Gasteiger partial charge in [-0.2, -0.15) is 0 Å². The van der Waals surface area contributed by atoms with Crippen molar-refractivity contribution in [2.24, 2.45) is 0 Å². The maximum Gasteiger partial charge on any atom is 0.403 e. The first-order chi connectivity index (χ1) is 24.4. The topological polar surface area (TPSA) is 113 Å². The molecule has 0 amide bonds. The molecule has 0 aliphatic heterocycles. The van der Waals surface area contributed by atoms with Crippen molar-refractivity contribution in [1.29, 1.82) is 0 Å². The van der Waals surface area contributed by atoms with Crippen molar-refractivity contribution in [3.8, 4) is 0 Å². The molecule has 50 heavy (non-hydrogen) atoms. The molecule has 1 unspecified atom stereocenters. The third-order valence-electron chi connectivity index (χ3n) is 10.1. The summed E-state index contributed by atoms with van der Waals surface area (Å²) < 4.78 is 9.98. The smallest absolute Gasteiger partial charge is 0.396 e. The van der Waals surface area contributed by atoms with Gasteiger partial charge in [-0.25, -0.2) is 0 Å². The number of carbonyl (C=O) groups is 2. The highest BCUT2D eigenvalue weighted by atomic mass is 16.8. The predicted molar refractivity (Wildman–Crippen MR) is 208 cm³/mol. The van der Waals surface area contributed by atoms with Crippen LogP contribution in [0.25, 0.3) is 0 Å². The first-order valence-electron chi connectivity index (χ1n) is 21.8. The fourth-order valence-electron chi connectivity index (χ4n) is 6.69. The lowest BCUT2D eigenvalue weighted by atomic mass is 10.0. The molecule has 0 heterocycles. The molecule has 0 aromatic heterocycles. The highest BCUT2D eigenvalue weighted by molar-refractivity contribution is 5.71. The van der Waals surface area contributed by atoms with Crippen LogP contribution in [0.4, 0.5) is 0 Å². The van der Waals surface area contributed by atoms with E-state index in [4.69, 9.17) is 9.47 Å². The molecule has 7 nitrogen and oxygen atoms in total. The van der Waals surface area contributed by atoms with Gasteiger partial charge in [0, 0.05) is 12.8 Å². The minimum Gasteiger partial charge on any atom is -0.396 e. The molecule has 0 fully saturated rings. The zero-order chi connectivity index (χ0) is 36.8. The summed E-state index contributed by atoms with van der Waals surface area (Å²) in [5, 5.41) is 30.0. The Bertz CT molecular complexity index is 676. The molecule has 0 aliphatic carbocycles. The van der Waals surface area contributed by atoms with E-state index in [0.29, 0.717) is 12.8 Å². The average Bonchev–Trinajstić information content (AvgIpc) is 3.10. The Kier molecular flexibility index (Phi) is 36.7. The summed E-state index contributed by atoms with van der Waals surface area (Å²) in [6.45, 7) is 3.62. The van der Waals surface area contributed by atoms with Gasteiger partial charge in [0.25, 0.3) is 0 Å². The maximum absolute atomic E-state index is 12.4. The van der Waals surface area contributed by atoms with Gasteiger partial charge in [0.2, 0.25) is 0 Å². The molecule has 3 N–H and O–H groups in total. The zero-order valence-corrected chi connectivity index (χ0v) is 33.2. The molecule has 0 aromatic rings. The third-order valence-corrected chi connectivity index (χ3v) is 10.1. The van der Waals surface area contributed by atoms with Crippen molar-refractivity contribution in [3.05, 3.63) is 0 Å². The lowest BCUT2D eigenvalue weighted by Crippen LogP contribution is -2.51. The quantitative estimate of drug-likeness (QED) is 0.0329. The van der Waals surface area contributed by atoms with E-state index >= 15 is 0 Å². The van der Waals surface area contributed by atoms with Crippen molar-refractivity contribution < 1.29 is 34.4 Å². The van der Waals surface area contributed by atoms with E-state index in [1.165, 1.54) is 167 Å². The summed E-state index contributed by atoms with van der Waals surface area (Å²) in [7, 11) is 0. The van der Waals surface area contributed by atoms with E-state index in [9.17, 15) is 24.9 Å². The minimum atomic E-state index is -2.87. The Morgan fingerprint density at radius 3 is 0.820 bits per heavy atom. The lowest BCUT2D eigenvalue weighted by molar-refractivity contribution is -0.364. The van der Waals surface area contributed by atoms with Gasteiger partial charge in [0.05, 0.1) is 6.61 Å². The number of hydrogen-bond acceptors (Lipinski definition) is 7. The van der Waals surface area contributed by atoms with E-state index in [1.807, 2.05) is 0 Å². The summed E-state index contributed by atoms with van der Waals surface area (Å²) in [5.74, 6) is -4.38. The molecule has 0 saturated carbocycles. The lowest BCUT2D eigenvalue weighted by Gasteiger charge is -2.30. The molecule has 0 saturated heterocycles. The number of hydrogen-bond donors (Lipinski definition) is 3. The van der Waals surface area contributed by atoms with Crippen molar-refractivity contribution in [1.82, 2.24) is 0 Å². The number of unbranched alkanes of at least 4 members (excludes halogenated alkanes) is 32. The normalized spacial score (nSPS) is 12.3. The van der Waals surface area contributed by atoms with Gasteiger partial charge in [-0.05, 0) is 12.8 Å². The fourth-order valence-corrected chi connectivity index (χ4v) is 6.69. The number of carbonyl (C=O) groups excluding carboxylic acids is 2. The minimum absolute atomic E-state index is 0.0514. The van der Waals surface area contributed by atoms with Gasteiger partial charge in [-0.3, -0.25) is 9.59 Å². The number of ether oxygens (including phenoxy) is 2. The Morgan fingerprint density at radius 1 is 0.420 bits per heavy atom. The van der Waals surface area contributed by atoms with Crippen LogP contribution in [-0.4, -0.2) is 45.9 Å². The second kappa shape index (κ2) is 37.6. The molecule has 298 valence electrons. The SMILES string of the molecule is CCCCCCCCCCCCCCCCCCCC(=O)OC(O)(OC(=O)CCCCCCCCCCCCCCCCCCC)C(O)CO. The molecule has 1 atom stereocenters. The summed E-state index contributed by atoms with van der Waals surface area (Å²) in [5.41, 5.74) is 0. The standard InChI is InChI=1S/C43H84O7/c1-3-5-7-9-11-13-15-17-19-21-23-25-27-29-31-33-35-37-41(46)49-43(48,40(45)39-44)50-42(47)38-36-34-32-30-28-26-24-22-20-18-16-14-12-10-8-6-4-2/h40,44-45,48H,3-39H2,1-2H3. The van der Waals surface area contributed by atoms with Crippen LogP contribution in [0.2, 0.25) is 0 Å². The third kappa shape index (κ3) is 32.7. The van der Waals surface area contributed by atoms with Crippen LogP contribution in [-0.2, 0) is 19.1 Å². The number of rotatable bonds is 40. The number of aliphatic hydroxyl groups is 3. The first kappa shape index (κ1) is 48.8. The van der Waals surface area contributed by atoms with Crippen LogP contribution in [0.5, 0.6) is 0 Å². The Balaban J connectivity index is 3.81. The first-order valence-corrected chi connectivity index (χ1v) is 21.8. The maximum atomic E-state index is 12.4. The van der Waals surface area contributed by atoms with E-state index in [2.05, 4.69) is 13.8 Å². The van der Waals surface area contributed by atoms with Crippen LogP contribution in [0.1, 0.15) is 245 Å².